The molecule has 14 heavy (non-hydrogen) atoms. The Labute approximate surface area is 90.1 Å². The van der Waals surface area contributed by atoms with Crippen molar-refractivity contribution in [1.29, 1.82) is 0 Å². The zero-order chi connectivity index (χ0) is 10.6. The van der Waals surface area contributed by atoms with Crippen molar-refractivity contribution in [3.63, 3.8) is 0 Å². The van der Waals surface area contributed by atoms with Gasteiger partial charge in [-0.25, -0.2) is 0 Å². The van der Waals surface area contributed by atoms with Crippen molar-refractivity contribution in [2.24, 2.45) is 0 Å². The highest BCUT2D eigenvalue weighted by Gasteiger charge is 2.10. The van der Waals surface area contributed by atoms with E-state index in [-0.39, 0.29) is 11.2 Å². The van der Waals surface area contributed by atoms with E-state index in [4.69, 9.17) is 11.6 Å². The first kappa shape index (κ1) is 11.3. The maximum absolute atomic E-state index is 10.9. The van der Waals surface area contributed by atoms with Gasteiger partial charge in [0.15, 0.2) is 0 Å². The molecule has 0 heterocycles. The van der Waals surface area contributed by atoms with Crippen LogP contribution < -0.4 is 0 Å². The van der Waals surface area contributed by atoms with Crippen molar-refractivity contribution < 1.29 is 4.79 Å². The third kappa shape index (κ3) is 3.15. The second kappa shape index (κ2) is 5.16. The zero-order valence-corrected chi connectivity index (χ0v) is 9.34. The third-order valence-electron chi connectivity index (χ3n) is 2.29. The topological polar surface area (TPSA) is 17.1 Å². The Morgan fingerprint density at radius 1 is 1.29 bits per heavy atom. The number of hydrogen-bond acceptors (Lipinski definition) is 1. The fraction of sp³-hybridized carbons (Fsp3) is 0.417. The van der Waals surface area contributed by atoms with Gasteiger partial charge in [0.1, 0.15) is 5.78 Å². The Morgan fingerprint density at radius 2 is 1.79 bits per heavy atom. The first-order chi connectivity index (χ1) is 6.63. The normalized spacial score (nSPS) is 12.5. The quantitative estimate of drug-likeness (QED) is 0.699. The van der Waals surface area contributed by atoms with E-state index in [2.05, 4.69) is 19.1 Å². The first-order valence-corrected chi connectivity index (χ1v) is 5.29. The Balaban J connectivity index is 2.64. The summed E-state index contributed by atoms with van der Waals surface area (Å²) < 4.78 is 0. The van der Waals surface area contributed by atoms with Crippen LogP contribution in [0.5, 0.6) is 0 Å². The molecule has 0 aliphatic heterocycles. The average Bonchev–Trinajstić information content (AvgIpc) is 2.19. The number of alkyl halides is 1. The lowest BCUT2D eigenvalue weighted by atomic mass is 10.0. The van der Waals surface area contributed by atoms with Gasteiger partial charge in [-0.15, -0.1) is 11.6 Å². The van der Waals surface area contributed by atoms with Crippen molar-refractivity contribution in [1.82, 2.24) is 0 Å². The molecule has 0 amide bonds. The van der Waals surface area contributed by atoms with E-state index < -0.39 is 0 Å². The van der Waals surface area contributed by atoms with Gasteiger partial charge in [0.2, 0.25) is 0 Å². The SMILES string of the molecule is CCc1ccc(CC(Cl)C(C)=O)cc1. The smallest absolute Gasteiger partial charge is 0.147 e. The summed E-state index contributed by atoms with van der Waals surface area (Å²) in [4.78, 5) is 10.9. The van der Waals surface area contributed by atoms with E-state index in [0.717, 1.165) is 12.0 Å². The summed E-state index contributed by atoms with van der Waals surface area (Å²) in [6, 6.07) is 8.24. The van der Waals surface area contributed by atoms with Gasteiger partial charge in [0.05, 0.1) is 5.38 Å². The number of hydrogen-bond donors (Lipinski definition) is 0. The molecule has 0 fully saturated rings. The van der Waals surface area contributed by atoms with Gasteiger partial charge < -0.3 is 0 Å². The Bertz CT molecular complexity index is 303. The largest absolute Gasteiger partial charge is 0.298 e. The molecular formula is C12H15ClO. The molecule has 1 unspecified atom stereocenters. The fourth-order valence-corrected chi connectivity index (χ4v) is 1.44. The number of carbonyl (C=O) groups excluding carboxylic acids is 1. The molecule has 2 heteroatoms. The molecule has 0 spiro atoms. The highest BCUT2D eigenvalue weighted by atomic mass is 35.5. The fourth-order valence-electron chi connectivity index (χ4n) is 1.26. The van der Waals surface area contributed by atoms with Crippen LogP contribution in [0, 0.1) is 0 Å². The Hall–Kier alpha value is -0.820. The van der Waals surface area contributed by atoms with E-state index in [1.54, 1.807) is 0 Å². The van der Waals surface area contributed by atoms with Crippen LogP contribution in [0.15, 0.2) is 24.3 Å². The van der Waals surface area contributed by atoms with Crippen LogP contribution in [0.1, 0.15) is 25.0 Å². The molecule has 0 saturated heterocycles. The van der Waals surface area contributed by atoms with Gasteiger partial charge >= 0.3 is 0 Å². The summed E-state index contributed by atoms with van der Waals surface area (Å²) in [6.07, 6.45) is 1.66. The molecule has 0 saturated carbocycles. The summed E-state index contributed by atoms with van der Waals surface area (Å²) in [6.45, 7) is 3.65. The van der Waals surface area contributed by atoms with E-state index in [9.17, 15) is 4.79 Å². The van der Waals surface area contributed by atoms with Crippen molar-refractivity contribution in [3.05, 3.63) is 35.4 Å². The number of halogens is 1. The molecule has 0 radical (unpaired) electrons. The number of Topliss-reactive ketones (excluding diaryl/α,β-unsaturated/α-hetero) is 1. The van der Waals surface area contributed by atoms with E-state index in [0.29, 0.717) is 6.42 Å². The van der Waals surface area contributed by atoms with Crippen LogP contribution in [0.2, 0.25) is 0 Å². The molecular weight excluding hydrogens is 196 g/mol. The minimum atomic E-state index is -0.387. The van der Waals surface area contributed by atoms with Crippen molar-refractivity contribution in [3.8, 4) is 0 Å². The minimum absolute atomic E-state index is 0.0336. The van der Waals surface area contributed by atoms with Crippen LogP contribution in [-0.2, 0) is 17.6 Å². The first-order valence-electron chi connectivity index (χ1n) is 4.85. The number of carbonyl (C=O) groups is 1. The summed E-state index contributed by atoms with van der Waals surface area (Å²) >= 11 is 5.87. The summed E-state index contributed by atoms with van der Waals surface area (Å²) in [7, 11) is 0. The molecule has 1 nitrogen and oxygen atoms in total. The molecule has 1 rings (SSSR count). The average molecular weight is 211 g/mol. The molecule has 0 aliphatic carbocycles. The summed E-state index contributed by atoms with van der Waals surface area (Å²) in [5.74, 6) is 0.0336. The molecule has 0 aliphatic rings. The standard InChI is InChI=1S/C12H15ClO/c1-3-10-4-6-11(7-5-10)8-12(13)9(2)14/h4-7,12H,3,8H2,1-2H3. The van der Waals surface area contributed by atoms with Crippen LogP contribution in [-0.4, -0.2) is 11.2 Å². The number of benzene rings is 1. The van der Waals surface area contributed by atoms with Crippen LogP contribution in [0.25, 0.3) is 0 Å². The van der Waals surface area contributed by atoms with Gasteiger partial charge in [-0.2, -0.15) is 0 Å². The molecule has 1 aromatic rings. The maximum atomic E-state index is 10.9. The number of ketones is 1. The van der Waals surface area contributed by atoms with Gasteiger partial charge in [-0.05, 0) is 30.9 Å². The highest BCUT2D eigenvalue weighted by Crippen LogP contribution is 2.11. The predicted octanol–water partition coefficient (Wildman–Crippen LogP) is 2.99. The van der Waals surface area contributed by atoms with Crippen molar-refractivity contribution in [2.75, 3.05) is 0 Å². The van der Waals surface area contributed by atoms with Gasteiger partial charge in [-0.1, -0.05) is 31.2 Å². The monoisotopic (exact) mass is 210 g/mol. The molecule has 76 valence electrons. The number of rotatable bonds is 4. The van der Waals surface area contributed by atoms with Gasteiger partial charge in [0, 0.05) is 0 Å². The molecule has 0 N–H and O–H groups in total. The van der Waals surface area contributed by atoms with Gasteiger partial charge in [-0.3, -0.25) is 4.79 Å². The highest BCUT2D eigenvalue weighted by molar-refractivity contribution is 6.30. The van der Waals surface area contributed by atoms with Crippen LogP contribution in [0.4, 0.5) is 0 Å². The lowest BCUT2D eigenvalue weighted by molar-refractivity contribution is -0.116. The number of aryl methyl sites for hydroxylation is 1. The van der Waals surface area contributed by atoms with Crippen LogP contribution >= 0.6 is 11.6 Å². The Kier molecular flexibility index (Phi) is 4.15. The maximum Gasteiger partial charge on any atom is 0.147 e. The van der Waals surface area contributed by atoms with Gasteiger partial charge in [0.25, 0.3) is 0 Å². The summed E-state index contributed by atoms with van der Waals surface area (Å²) in [5.41, 5.74) is 2.43. The second-order valence-corrected chi connectivity index (χ2v) is 3.98. The van der Waals surface area contributed by atoms with Crippen LogP contribution in [0.3, 0.4) is 0 Å². The van der Waals surface area contributed by atoms with E-state index in [1.165, 1.54) is 12.5 Å². The second-order valence-electron chi connectivity index (χ2n) is 3.45. The molecule has 0 aromatic heterocycles. The molecule has 1 aromatic carbocycles. The van der Waals surface area contributed by atoms with E-state index in [1.807, 2.05) is 12.1 Å². The predicted molar refractivity (Wildman–Crippen MR) is 59.8 cm³/mol. The third-order valence-corrected chi connectivity index (χ3v) is 2.75. The van der Waals surface area contributed by atoms with Crippen molar-refractivity contribution in [2.45, 2.75) is 32.1 Å². The summed E-state index contributed by atoms with van der Waals surface area (Å²) in [5, 5.41) is -0.387. The lowest BCUT2D eigenvalue weighted by Gasteiger charge is -2.05. The zero-order valence-electron chi connectivity index (χ0n) is 8.59. The molecule has 1 atom stereocenters. The van der Waals surface area contributed by atoms with E-state index >= 15 is 0 Å². The van der Waals surface area contributed by atoms with Crippen molar-refractivity contribution >= 4 is 17.4 Å². The Morgan fingerprint density at radius 3 is 2.21 bits per heavy atom. The lowest BCUT2D eigenvalue weighted by Crippen LogP contribution is -2.13. The molecule has 0 bridgehead atoms. The minimum Gasteiger partial charge on any atom is -0.298 e.